The van der Waals surface area contributed by atoms with Crippen molar-refractivity contribution in [2.45, 2.75) is 45.4 Å². The van der Waals surface area contributed by atoms with Gasteiger partial charge in [0.05, 0.1) is 6.54 Å². The van der Waals surface area contributed by atoms with Crippen LogP contribution >= 0.6 is 0 Å². The van der Waals surface area contributed by atoms with E-state index in [4.69, 9.17) is 0 Å². The number of rotatable bonds is 5. The normalized spacial score (nSPS) is 18.1. The van der Waals surface area contributed by atoms with Gasteiger partial charge in [-0.25, -0.2) is 4.98 Å². The van der Waals surface area contributed by atoms with Crippen LogP contribution in [-0.4, -0.2) is 31.6 Å². The molecule has 1 aliphatic heterocycles. The average molecular weight is 299 g/mol. The third-order valence-corrected chi connectivity index (χ3v) is 4.24. The van der Waals surface area contributed by atoms with Crippen LogP contribution in [0, 0.1) is 0 Å². The lowest BCUT2D eigenvalue weighted by Gasteiger charge is -2.34. The number of hydrogen-bond acceptors (Lipinski definition) is 3. The second-order valence-electron chi connectivity index (χ2n) is 5.77. The molecule has 2 heterocycles. The van der Waals surface area contributed by atoms with E-state index in [2.05, 4.69) is 22.5 Å². The number of aliphatic carboxylic acids is 1. The van der Waals surface area contributed by atoms with Gasteiger partial charge in [0.25, 0.3) is 0 Å². The first-order valence-electron chi connectivity index (χ1n) is 7.72. The monoisotopic (exact) mass is 299 g/mol. The Hall–Kier alpha value is -2.14. The van der Waals surface area contributed by atoms with E-state index in [1.807, 2.05) is 29.3 Å². The van der Waals surface area contributed by atoms with E-state index in [1.54, 1.807) is 6.20 Å². The number of carbonyl (C=O) groups is 1. The van der Waals surface area contributed by atoms with Gasteiger partial charge in [0.15, 0.2) is 0 Å². The molecule has 0 saturated heterocycles. The van der Waals surface area contributed by atoms with Crippen LogP contribution in [0.25, 0.3) is 0 Å². The quantitative estimate of drug-likeness (QED) is 0.920. The van der Waals surface area contributed by atoms with Crippen molar-refractivity contribution in [2.75, 3.05) is 0 Å². The van der Waals surface area contributed by atoms with Crippen molar-refractivity contribution >= 4 is 5.97 Å². The lowest BCUT2D eigenvalue weighted by Crippen LogP contribution is -2.45. The van der Waals surface area contributed by atoms with Crippen LogP contribution in [0.5, 0.6) is 0 Å². The molecule has 5 nitrogen and oxygen atoms in total. The van der Waals surface area contributed by atoms with Gasteiger partial charge in [-0.3, -0.25) is 9.69 Å². The fraction of sp³-hybridized carbons (Fsp3) is 0.412. The van der Waals surface area contributed by atoms with Gasteiger partial charge in [0, 0.05) is 25.5 Å². The number of aryl methyl sites for hydroxylation is 1. The van der Waals surface area contributed by atoms with Crippen molar-refractivity contribution in [3.8, 4) is 0 Å². The number of carboxylic acid groups (broad SMARTS) is 1. The third kappa shape index (κ3) is 2.90. The maximum atomic E-state index is 11.6. The number of fused-ring (bicyclic) bond motifs is 1. The molecule has 0 fully saturated rings. The molecule has 1 aromatic carbocycles. The molecule has 0 saturated carbocycles. The maximum Gasteiger partial charge on any atom is 0.321 e. The molecular weight excluding hydrogens is 278 g/mol. The molecule has 0 spiro atoms. The highest BCUT2D eigenvalue weighted by Crippen LogP contribution is 2.24. The number of carboxylic acids is 1. The zero-order valence-corrected chi connectivity index (χ0v) is 12.8. The molecule has 1 aliphatic rings. The van der Waals surface area contributed by atoms with Gasteiger partial charge in [-0.05, 0) is 24.0 Å². The largest absolute Gasteiger partial charge is 0.480 e. The van der Waals surface area contributed by atoms with Gasteiger partial charge in [0.2, 0.25) is 0 Å². The highest BCUT2D eigenvalue weighted by molar-refractivity contribution is 5.74. The summed E-state index contributed by atoms with van der Waals surface area (Å²) in [4.78, 5) is 18.1. The van der Waals surface area contributed by atoms with Crippen LogP contribution in [0.15, 0.2) is 36.7 Å². The summed E-state index contributed by atoms with van der Waals surface area (Å²) in [6.07, 6.45) is 5.35. The Labute approximate surface area is 130 Å². The molecule has 1 N–H and O–H groups in total. The maximum absolute atomic E-state index is 11.6. The minimum Gasteiger partial charge on any atom is -0.480 e. The molecule has 0 bridgehead atoms. The van der Waals surface area contributed by atoms with Crippen LogP contribution in [0.4, 0.5) is 0 Å². The van der Waals surface area contributed by atoms with Crippen molar-refractivity contribution in [1.82, 2.24) is 14.5 Å². The molecule has 0 aliphatic carbocycles. The van der Waals surface area contributed by atoms with E-state index in [0.717, 1.165) is 24.4 Å². The van der Waals surface area contributed by atoms with Gasteiger partial charge in [0.1, 0.15) is 11.9 Å². The van der Waals surface area contributed by atoms with E-state index in [9.17, 15) is 9.90 Å². The SMILES string of the molecule is CCCn1ccnc1CN1Cc2ccccc2CC1C(=O)O. The standard InChI is InChI=1S/C17H21N3O2/c1-2-8-19-9-7-18-16(19)12-20-11-14-6-4-3-5-13(14)10-15(20)17(21)22/h3-7,9,15H,2,8,10-12H2,1H3,(H,21,22). The molecule has 0 amide bonds. The first-order valence-corrected chi connectivity index (χ1v) is 7.72. The molecule has 0 radical (unpaired) electrons. The number of imidazole rings is 1. The van der Waals surface area contributed by atoms with Crippen molar-refractivity contribution in [3.63, 3.8) is 0 Å². The fourth-order valence-corrected chi connectivity index (χ4v) is 3.10. The molecule has 1 unspecified atom stereocenters. The average Bonchev–Trinajstić information content (AvgIpc) is 2.94. The minimum absolute atomic E-state index is 0.485. The summed E-state index contributed by atoms with van der Waals surface area (Å²) < 4.78 is 2.11. The van der Waals surface area contributed by atoms with E-state index in [0.29, 0.717) is 19.5 Å². The summed E-state index contributed by atoms with van der Waals surface area (Å²) in [5.74, 6) is 0.176. The van der Waals surface area contributed by atoms with E-state index < -0.39 is 12.0 Å². The van der Waals surface area contributed by atoms with Crippen LogP contribution < -0.4 is 0 Å². The Kier molecular flexibility index (Phi) is 4.24. The Morgan fingerprint density at radius 2 is 2.14 bits per heavy atom. The Morgan fingerprint density at radius 1 is 1.36 bits per heavy atom. The van der Waals surface area contributed by atoms with Gasteiger partial charge in [-0.1, -0.05) is 31.2 Å². The lowest BCUT2D eigenvalue weighted by molar-refractivity contribution is -0.144. The van der Waals surface area contributed by atoms with Crippen molar-refractivity contribution in [2.24, 2.45) is 0 Å². The van der Waals surface area contributed by atoms with Gasteiger partial charge < -0.3 is 9.67 Å². The van der Waals surface area contributed by atoms with Gasteiger partial charge >= 0.3 is 5.97 Å². The Bertz CT molecular complexity index is 665. The van der Waals surface area contributed by atoms with E-state index in [1.165, 1.54) is 5.56 Å². The molecule has 22 heavy (non-hydrogen) atoms. The highest BCUT2D eigenvalue weighted by atomic mass is 16.4. The molecular formula is C17H21N3O2. The van der Waals surface area contributed by atoms with Crippen molar-refractivity contribution in [1.29, 1.82) is 0 Å². The second kappa shape index (κ2) is 6.32. The molecule has 1 atom stereocenters. The minimum atomic E-state index is -0.761. The summed E-state index contributed by atoms with van der Waals surface area (Å²) >= 11 is 0. The summed E-state index contributed by atoms with van der Waals surface area (Å²) in [5.41, 5.74) is 2.36. The van der Waals surface area contributed by atoms with Crippen LogP contribution in [-0.2, 0) is 30.8 Å². The van der Waals surface area contributed by atoms with Gasteiger partial charge in [-0.15, -0.1) is 0 Å². The first kappa shape index (κ1) is 14.8. The fourth-order valence-electron chi connectivity index (χ4n) is 3.10. The molecule has 2 aromatic rings. The molecule has 116 valence electrons. The number of benzene rings is 1. The molecule has 1 aromatic heterocycles. The molecule has 5 heteroatoms. The zero-order valence-electron chi connectivity index (χ0n) is 12.8. The first-order chi connectivity index (χ1) is 10.7. The number of nitrogens with zero attached hydrogens (tertiary/aromatic N) is 3. The summed E-state index contributed by atoms with van der Waals surface area (Å²) in [5, 5.41) is 9.57. The zero-order chi connectivity index (χ0) is 15.5. The topological polar surface area (TPSA) is 58.4 Å². The summed E-state index contributed by atoms with van der Waals surface area (Å²) in [6.45, 7) is 4.27. The Morgan fingerprint density at radius 3 is 2.86 bits per heavy atom. The van der Waals surface area contributed by atoms with Crippen molar-refractivity contribution in [3.05, 3.63) is 53.6 Å². The van der Waals surface area contributed by atoms with Crippen molar-refractivity contribution < 1.29 is 9.90 Å². The summed E-state index contributed by atoms with van der Waals surface area (Å²) in [6, 6.07) is 7.61. The van der Waals surface area contributed by atoms with E-state index >= 15 is 0 Å². The van der Waals surface area contributed by atoms with Crippen LogP contribution in [0.2, 0.25) is 0 Å². The van der Waals surface area contributed by atoms with Crippen LogP contribution in [0.3, 0.4) is 0 Å². The highest BCUT2D eigenvalue weighted by Gasteiger charge is 2.31. The third-order valence-electron chi connectivity index (χ3n) is 4.24. The van der Waals surface area contributed by atoms with E-state index in [-0.39, 0.29) is 0 Å². The number of aromatic nitrogens is 2. The predicted octanol–water partition coefficient (Wildman–Crippen LogP) is 2.30. The Balaban J connectivity index is 1.84. The lowest BCUT2D eigenvalue weighted by atomic mass is 9.94. The summed E-state index contributed by atoms with van der Waals surface area (Å²) in [7, 11) is 0. The predicted molar refractivity (Wildman–Crippen MR) is 83.3 cm³/mol. The number of hydrogen-bond donors (Lipinski definition) is 1. The van der Waals surface area contributed by atoms with Gasteiger partial charge in [-0.2, -0.15) is 0 Å². The second-order valence-corrected chi connectivity index (χ2v) is 5.77. The smallest absolute Gasteiger partial charge is 0.321 e. The van der Waals surface area contributed by atoms with Crippen LogP contribution in [0.1, 0.15) is 30.3 Å². The molecule has 3 rings (SSSR count).